The molecule has 1 aromatic rings. The number of nitrogens with one attached hydrogen (secondary N) is 5. The van der Waals surface area contributed by atoms with Crippen LogP contribution in [0.3, 0.4) is 0 Å². The van der Waals surface area contributed by atoms with Crippen LogP contribution in [0, 0.1) is 0 Å². The minimum Gasteiger partial charge on any atom is -0.488 e. The average molecular weight is 778 g/mol. The summed E-state index contributed by atoms with van der Waals surface area (Å²) in [5.41, 5.74) is 9.64. The van der Waals surface area contributed by atoms with Crippen molar-refractivity contribution in [2.45, 2.75) is 155 Å². The largest absolute Gasteiger partial charge is 0.488 e. The van der Waals surface area contributed by atoms with Gasteiger partial charge in [0, 0.05) is 13.0 Å². The zero-order valence-electron chi connectivity index (χ0n) is 34.2. The third kappa shape index (κ3) is 20.9. The van der Waals surface area contributed by atoms with Gasteiger partial charge in [0.05, 0.1) is 12.5 Å². The lowest BCUT2D eigenvalue weighted by atomic mass is 10.0. The second kappa shape index (κ2) is 21.2. The van der Waals surface area contributed by atoms with Crippen LogP contribution < -0.4 is 42.8 Å². The van der Waals surface area contributed by atoms with E-state index in [1.165, 1.54) is 13.8 Å². The first kappa shape index (κ1) is 48.1. The SMILES string of the molecule is C[C@H](N)C(=O)N[C@@H](CC(=O)OC(C)(C)C)C(=O)N[C@@H](Cc1ccc(OC(C)(C)C)cc1)C(=O)N[C@@H](CCCCNC(=O)OC(C)(C)C)C(=O)N[C@@H](C)C(N)=O. The van der Waals surface area contributed by atoms with Crippen molar-refractivity contribution in [3.8, 4) is 5.75 Å². The van der Waals surface area contributed by atoms with Gasteiger partial charge in [-0.2, -0.15) is 0 Å². The Bertz CT molecular complexity index is 1480. The maximum atomic E-state index is 14.1. The van der Waals surface area contributed by atoms with E-state index < -0.39 is 95.0 Å². The predicted octanol–water partition coefficient (Wildman–Crippen LogP) is 1.62. The van der Waals surface area contributed by atoms with E-state index in [0.717, 1.165) is 0 Å². The minimum atomic E-state index is -1.47. The molecule has 0 radical (unpaired) electrons. The normalized spacial score (nSPS) is 14.5. The molecule has 0 aliphatic heterocycles. The number of nitrogens with two attached hydrogens (primary N) is 2. The topological polar surface area (TPSA) is 259 Å². The Morgan fingerprint density at radius 3 is 1.67 bits per heavy atom. The van der Waals surface area contributed by atoms with E-state index in [1.54, 1.807) is 65.8 Å². The van der Waals surface area contributed by atoms with Crippen molar-refractivity contribution in [3.63, 3.8) is 0 Å². The summed E-state index contributed by atoms with van der Waals surface area (Å²) < 4.78 is 16.5. The van der Waals surface area contributed by atoms with Crippen LogP contribution in [-0.4, -0.2) is 95.2 Å². The second-order valence-electron chi connectivity index (χ2n) is 16.4. The summed E-state index contributed by atoms with van der Waals surface area (Å²) in [6, 6.07) is 0.729. The molecule has 17 nitrogen and oxygen atoms in total. The number of unbranched alkanes of at least 4 members (excludes halogenated alkanes) is 1. The van der Waals surface area contributed by atoms with Gasteiger partial charge in [-0.1, -0.05) is 12.1 Å². The fourth-order valence-corrected chi connectivity index (χ4v) is 4.73. The molecule has 5 atom stereocenters. The zero-order valence-corrected chi connectivity index (χ0v) is 34.2. The van der Waals surface area contributed by atoms with E-state index in [9.17, 15) is 33.6 Å². The number of carbonyl (C=O) groups excluding carboxylic acids is 7. The van der Waals surface area contributed by atoms with Crippen molar-refractivity contribution >= 4 is 41.6 Å². The Morgan fingerprint density at radius 2 is 1.16 bits per heavy atom. The molecule has 1 rings (SSSR count). The molecular formula is C38H63N7O10. The number of carbonyl (C=O) groups is 7. The molecule has 6 amide bonds. The van der Waals surface area contributed by atoms with Gasteiger partial charge in [0.25, 0.3) is 0 Å². The lowest BCUT2D eigenvalue weighted by molar-refractivity contribution is -0.156. The molecule has 1 aromatic carbocycles. The quantitative estimate of drug-likeness (QED) is 0.0785. The van der Waals surface area contributed by atoms with E-state index in [0.29, 0.717) is 24.2 Å². The standard InChI is InChI=1S/C38H63N7O10/c1-22(39)31(48)44-28(21-29(46)54-37(6,7)8)34(51)45-27(20-24-15-17-25(18-16-24)53-36(3,4)5)33(50)43-26(32(49)42-23(2)30(40)47)14-12-13-19-41-35(52)55-38(9,10)11/h15-18,22-23,26-28H,12-14,19-21,39H2,1-11H3,(H2,40,47)(H,41,52)(H,42,49)(H,43,50)(H,44,48)(H,45,51)/t22-,23-,26-,27-,28-/m0/s1. The molecule has 17 heteroatoms. The van der Waals surface area contributed by atoms with Crippen molar-refractivity contribution in [2.24, 2.45) is 11.5 Å². The Morgan fingerprint density at radius 1 is 0.655 bits per heavy atom. The molecule has 0 bridgehead atoms. The Balaban J connectivity index is 3.42. The molecule has 0 spiro atoms. The summed E-state index contributed by atoms with van der Waals surface area (Å²) >= 11 is 0. The first-order valence-corrected chi connectivity index (χ1v) is 18.4. The molecular weight excluding hydrogens is 714 g/mol. The summed E-state index contributed by atoms with van der Waals surface area (Å²) in [5, 5.41) is 12.9. The number of esters is 1. The fourth-order valence-electron chi connectivity index (χ4n) is 4.73. The van der Waals surface area contributed by atoms with Gasteiger partial charge in [0.2, 0.25) is 29.5 Å². The Hall–Kier alpha value is -4.93. The molecule has 0 unspecified atom stereocenters. The van der Waals surface area contributed by atoms with Crippen molar-refractivity contribution in [3.05, 3.63) is 29.8 Å². The van der Waals surface area contributed by atoms with Crippen LogP contribution in [0.25, 0.3) is 0 Å². The summed E-state index contributed by atoms with van der Waals surface area (Å²) in [6.45, 7) is 18.8. The van der Waals surface area contributed by atoms with Crippen molar-refractivity contribution < 1.29 is 47.8 Å². The maximum Gasteiger partial charge on any atom is 0.407 e. The van der Waals surface area contributed by atoms with E-state index in [2.05, 4.69) is 26.6 Å². The summed E-state index contributed by atoms with van der Waals surface area (Å²) in [6.07, 6.45) is -0.443. The first-order chi connectivity index (χ1) is 25.2. The van der Waals surface area contributed by atoms with Crippen molar-refractivity contribution in [2.75, 3.05) is 6.54 Å². The fraction of sp³-hybridized carbons (Fsp3) is 0.658. The van der Waals surface area contributed by atoms with Crippen molar-refractivity contribution in [1.29, 1.82) is 0 Å². The average Bonchev–Trinajstić information content (AvgIpc) is 3.01. The highest BCUT2D eigenvalue weighted by atomic mass is 16.6. The van der Waals surface area contributed by atoms with Gasteiger partial charge in [-0.15, -0.1) is 0 Å². The zero-order chi connectivity index (χ0) is 42.3. The number of ether oxygens (including phenoxy) is 3. The van der Waals surface area contributed by atoms with Gasteiger partial charge in [0.1, 0.15) is 46.7 Å². The number of alkyl carbamates (subject to hydrolysis) is 1. The number of benzene rings is 1. The van der Waals surface area contributed by atoms with Crippen molar-refractivity contribution in [1.82, 2.24) is 26.6 Å². The van der Waals surface area contributed by atoms with Crippen LogP contribution >= 0.6 is 0 Å². The summed E-state index contributed by atoms with van der Waals surface area (Å²) in [4.78, 5) is 90.4. The van der Waals surface area contributed by atoms with Gasteiger partial charge in [-0.05, 0) is 113 Å². The number of hydrogen-bond donors (Lipinski definition) is 7. The molecule has 0 saturated carbocycles. The van der Waals surface area contributed by atoms with E-state index in [1.807, 2.05) is 20.8 Å². The Kier molecular flexibility index (Phi) is 18.6. The third-order valence-corrected chi connectivity index (χ3v) is 7.26. The van der Waals surface area contributed by atoms with Gasteiger partial charge in [0.15, 0.2) is 0 Å². The molecule has 0 heterocycles. The minimum absolute atomic E-state index is 0.0737. The van der Waals surface area contributed by atoms with Gasteiger partial charge >= 0.3 is 12.1 Å². The number of primary amides is 1. The highest BCUT2D eigenvalue weighted by Gasteiger charge is 2.33. The summed E-state index contributed by atoms with van der Waals surface area (Å²) in [5.74, 6) is -4.11. The molecule has 0 fully saturated rings. The summed E-state index contributed by atoms with van der Waals surface area (Å²) in [7, 11) is 0. The van der Waals surface area contributed by atoms with E-state index in [-0.39, 0.29) is 19.4 Å². The number of hydrogen-bond acceptors (Lipinski definition) is 11. The highest BCUT2D eigenvalue weighted by molar-refractivity contribution is 5.97. The lowest BCUT2D eigenvalue weighted by Gasteiger charge is -2.27. The van der Waals surface area contributed by atoms with Crippen LogP contribution in [0.5, 0.6) is 5.75 Å². The predicted molar refractivity (Wildman–Crippen MR) is 205 cm³/mol. The number of rotatable bonds is 19. The molecule has 55 heavy (non-hydrogen) atoms. The number of amides is 6. The first-order valence-electron chi connectivity index (χ1n) is 18.4. The van der Waals surface area contributed by atoms with Crippen LogP contribution in [-0.2, 0) is 44.7 Å². The molecule has 0 saturated heterocycles. The van der Waals surface area contributed by atoms with E-state index in [4.69, 9.17) is 25.7 Å². The van der Waals surface area contributed by atoms with Gasteiger partial charge in [-0.25, -0.2) is 4.79 Å². The molecule has 9 N–H and O–H groups in total. The van der Waals surface area contributed by atoms with Gasteiger partial charge in [-0.3, -0.25) is 28.8 Å². The van der Waals surface area contributed by atoms with Crippen LogP contribution in [0.15, 0.2) is 24.3 Å². The smallest absolute Gasteiger partial charge is 0.407 e. The van der Waals surface area contributed by atoms with Crippen LogP contribution in [0.1, 0.15) is 107 Å². The lowest BCUT2D eigenvalue weighted by Crippen LogP contribution is -2.59. The molecule has 0 aliphatic carbocycles. The second-order valence-corrected chi connectivity index (χ2v) is 16.4. The highest BCUT2D eigenvalue weighted by Crippen LogP contribution is 2.19. The van der Waals surface area contributed by atoms with Gasteiger partial charge < -0.3 is 52.3 Å². The molecule has 0 aliphatic rings. The Labute approximate surface area is 324 Å². The third-order valence-electron chi connectivity index (χ3n) is 7.26. The molecule has 310 valence electrons. The maximum absolute atomic E-state index is 14.1. The van der Waals surface area contributed by atoms with E-state index >= 15 is 0 Å². The monoisotopic (exact) mass is 777 g/mol. The van der Waals surface area contributed by atoms with Crippen LogP contribution in [0.4, 0.5) is 4.79 Å². The van der Waals surface area contributed by atoms with Crippen LogP contribution in [0.2, 0.25) is 0 Å². The molecule has 0 aromatic heterocycles.